The largest absolute Gasteiger partial charge is 0.351 e. The zero-order chi connectivity index (χ0) is 16.9. The van der Waals surface area contributed by atoms with E-state index in [9.17, 15) is 4.79 Å². The second-order valence-corrected chi connectivity index (χ2v) is 6.46. The second kappa shape index (κ2) is 7.22. The molecular weight excluding hydrogens is 288 g/mol. The molecule has 0 bridgehead atoms. The van der Waals surface area contributed by atoms with E-state index in [1.165, 1.54) is 11.8 Å². The van der Waals surface area contributed by atoms with E-state index in [1.54, 1.807) is 6.20 Å². The van der Waals surface area contributed by atoms with E-state index in [2.05, 4.69) is 39.2 Å². The molecule has 0 spiro atoms. The van der Waals surface area contributed by atoms with Crippen LogP contribution < -0.4 is 10.2 Å². The molecule has 0 fully saturated rings. The number of benzene rings is 1. The highest BCUT2D eigenvalue weighted by molar-refractivity contribution is 5.92. The number of amides is 1. The Morgan fingerprint density at radius 2 is 1.83 bits per heavy atom. The molecular formula is C18H24N4O. The predicted molar refractivity (Wildman–Crippen MR) is 92.4 cm³/mol. The van der Waals surface area contributed by atoms with Gasteiger partial charge in [0.25, 0.3) is 5.91 Å². The van der Waals surface area contributed by atoms with Crippen molar-refractivity contribution in [1.29, 1.82) is 0 Å². The molecule has 1 aromatic carbocycles. The number of anilines is 1. The van der Waals surface area contributed by atoms with Crippen molar-refractivity contribution in [2.75, 3.05) is 11.4 Å². The van der Waals surface area contributed by atoms with E-state index in [0.29, 0.717) is 5.69 Å². The lowest BCUT2D eigenvalue weighted by Crippen LogP contribution is -2.41. The van der Waals surface area contributed by atoms with Crippen molar-refractivity contribution in [3.63, 3.8) is 0 Å². The highest BCUT2D eigenvalue weighted by atomic mass is 16.2. The lowest BCUT2D eigenvalue weighted by Gasteiger charge is -2.22. The molecule has 2 rings (SSSR count). The molecule has 0 saturated carbocycles. The molecule has 0 radical (unpaired) electrons. The molecule has 0 saturated heterocycles. The van der Waals surface area contributed by atoms with Crippen LogP contribution >= 0.6 is 0 Å². The van der Waals surface area contributed by atoms with Crippen LogP contribution in [-0.2, 0) is 6.54 Å². The first-order valence-corrected chi connectivity index (χ1v) is 7.82. The summed E-state index contributed by atoms with van der Waals surface area (Å²) in [5, 5.41) is 2.88. The lowest BCUT2D eigenvalue weighted by molar-refractivity contribution is 0.0914. The fourth-order valence-corrected chi connectivity index (χ4v) is 2.17. The van der Waals surface area contributed by atoms with Gasteiger partial charge in [-0.25, -0.2) is 9.97 Å². The van der Waals surface area contributed by atoms with Gasteiger partial charge in [0.05, 0.1) is 12.4 Å². The van der Waals surface area contributed by atoms with Crippen LogP contribution in [0.15, 0.2) is 42.7 Å². The Morgan fingerprint density at radius 3 is 2.35 bits per heavy atom. The minimum absolute atomic E-state index is 0.206. The van der Waals surface area contributed by atoms with E-state index >= 15 is 0 Å². The van der Waals surface area contributed by atoms with E-state index < -0.39 is 0 Å². The SMILES string of the molecule is CCN(Cc1ccccc1)c1cnc(C(=O)NC(C)(C)C)cn1. The average Bonchev–Trinajstić information content (AvgIpc) is 2.52. The molecule has 2 aromatic rings. The summed E-state index contributed by atoms with van der Waals surface area (Å²) < 4.78 is 0. The van der Waals surface area contributed by atoms with Crippen LogP contribution in [0.5, 0.6) is 0 Å². The van der Waals surface area contributed by atoms with Crippen LogP contribution in [0.1, 0.15) is 43.7 Å². The van der Waals surface area contributed by atoms with Gasteiger partial charge in [0.15, 0.2) is 0 Å². The first-order valence-electron chi connectivity index (χ1n) is 7.82. The highest BCUT2D eigenvalue weighted by Crippen LogP contribution is 2.13. The van der Waals surface area contributed by atoms with Crippen molar-refractivity contribution in [2.24, 2.45) is 0 Å². The average molecular weight is 312 g/mol. The fourth-order valence-electron chi connectivity index (χ4n) is 2.17. The molecule has 5 nitrogen and oxygen atoms in total. The monoisotopic (exact) mass is 312 g/mol. The first-order chi connectivity index (χ1) is 10.9. The molecule has 1 aromatic heterocycles. The van der Waals surface area contributed by atoms with Crippen LogP contribution in [-0.4, -0.2) is 28.0 Å². The third kappa shape index (κ3) is 5.06. The number of carbonyl (C=O) groups excluding carboxylic acids is 1. The van der Waals surface area contributed by atoms with E-state index in [1.807, 2.05) is 39.0 Å². The van der Waals surface area contributed by atoms with Crippen LogP contribution in [0.4, 0.5) is 5.82 Å². The Morgan fingerprint density at radius 1 is 1.13 bits per heavy atom. The maximum Gasteiger partial charge on any atom is 0.271 e. The highest BCUT2D eigenvalue weighted by Gasteiger charge is 2.17. The van der Waals surface area contributed by atoms with Gasteiger partial charge in [-0.3, -0.25) is 4.79 Å². The summed E-state index contributed by atoms with van der Waals surface area (Å²) in [6.07, 6.45) is 3.19. The Bertz CT molecular complexity index is 632. The minimum atomic E-state index is -0.291. The van der Waals surface area contributed by atoms with Gasteiger partial charge >= 0.3 is 0 Å². The Hall–Kier alpha value is -2.43. The van der Waals surface area contributed by atoms with Crippen LogP contribution in [0.25, 0.3) is 0 Å². The summed E-state index contributed by atoms with van der Waals surface area (Å²) in [6.45, 7) is 9.46. The van der Waals surface area contributed by atoms with Gasteiger partial charge in [0.1, 0.15) is 11.5 Å². The molecule has 1 N–H and O–H groups in total. The maximum atomic E-state index is 12.1. The minimum Gasteiger partial charge on any atom is -0.351 e. The second-order valence-electron chi connectivity index (χ2n) is 6.46. The van der Waals surface area contributed by atoms with Crippen molar-refractivity contribution < 1.29 is 4.79 Å². The van der Waals surface area contributed by atoms with Gasteiger partial charge in [-0.15, -0.1) is 0 Å². The van der Waals surface area contributed by atoms with Gasteiger partial charge in [-0.05, 0) is 33.3 Å². The van der Waals surface area contributed by atoms with Crippen molar-refractivity contribution in [3.05, 3.63) is 54.0 Å². The summed E-state index contributed by atoms with van der Waals surface area (Å²) in [4.78, 5) is 22.9. The summed E-state index contributed by atoms with van der Waals surface area (Å²) in [5.41, 5.74) is 1.25. The molecule has 0 unspecified atom stereocenters. The fraction of sp³-hybridized carbons (Fsp3) is 0.389. The molecule has 1 heterocycles. The standard InChI is InChI=1S/C18H24N4O/c1-5-22(13-14-9-7-6-8-10-14)16-12-19-15(11-20-16)17(23)21-18(2,3)4/h6-12H,5,13H2,1-4H3,(H,21,23). The van der Waals surface area contributed by atoms with E-state index in [4.69, 9.17) is 0 Å². The van der Waals surface area contributed by atoms with Crippen molar-refractivity contribution >= 4 is 11.7 Å². The molecule has 0 aliphatic heterocycles. The lowest BCUT2D eigenvalue weighted by atomic mass is 10.1. The van der Waals surface area contributed by atoms with Crippen LogP contribution in [0.3, 0.4) is 0 Å². The summed E-state index contributed by atoms with van der Waals surface area (Å²) in [6, 6.07) is 10.2. The molecule has 0 aliphatic rings. The van der Waals surface area contributed by atoms with Crippen molar-refractivity contribution in [3.8, 4) is 0 Å². The van der Waals surface area contributed by atoms with Gasteiger partial charge < -0.3 is 10.2 Å². The normalized spacial score (nSPS) is 11.1. The number of nitrogens with one attached hydrogen (secondary N) is 1. The van der Waals surface area contributed by atoms with Crippen LogP contribution in [0.2, 0.25) is 0 Å². The first kappa shape index (κ1) is 16.9. The summed E-state index contributed by atoms with van der Waals surface area (Å²) in [7, 11) is 0. The zero-order valence-corrected chi connectivity index (χ0v) is 14.2. The van der Waals surface area contributed by atoms with E-state index in [0.717, 1.165) is 18.9 Å². The Balaban J connectivity index is 2.09. The van der Waals surface area contributed by atoms with Gasteiger partial charge in [-0.2, -0.15) is 0 Å². The Labute approximate surface area is 137 Å². The number of rotatable bonds is 5. The maximum absolute atomic E-state index is 12.1. The summed E-state index contributed by atoms with van der Waals surface area (Å²) >= 11 is 0. The quantitative estimate of drug-likeness (QED) is 0.922. The number of aromatic nitrogens is 2. The predicted octanol–water partition coefficient (Wildman–Crippen LogP) is 3.03. The number of nitrogens with zero attached hydrogens (tertiary/aromatic N) is 3. The van der Waals surface area contributed by atoms with Gasteiger partial charge in [0.2, 0.25) is 0 Å². The molecule has 1 amide bonds. The molecule has 0 aliphatic carbocycles. The topological polar surface area (TPSA) is 58.1 Å². The third-order valence-corrected chi connectivity index (χ3v) is 3.28. The van der Waals surface area contributed by atoms with Crippen molar-refractivity contribution in [2.45, 2.75) is 39.8 Å². The van der Waals surface area contributed by atoms with Crippen molar-refractivity contribution in [1.82, 2.24) is 15.3 Å². The molecule has 0 atom stereocenters. The number of carbonyl (C=O) groups is 1. The summed E-state index contributed by atoms with van der Waals surface area (Å²) in [5.74, 6) is 0.561. The van der Waals surface area contributed by atoms with Gasteiger partial charge in [0, 0.05) is 18.6 Å². The number of hydrogen-bond acceptors (Lipinski definition) is 4. The van der Waals surface area contributed by atoms with E-state index in [-0.39, 0.29) is 11.4 Å². The third-order valence-electron chi connectivity index (χ3n) is 3.28. The molecule has 23 heavy (non-hydrogen) atoms. The number of hydrogen-bond donors (Lipinski definition) is 1. The van der Waals surface area contributed by atoms with Gasteiger partial charge in [-0.1, -0.05) is 30.3 Å². The smallest absolute Gasteiger partial charge is 0.271 e. The molecule has 5 heteroatoms. The Kier molecular flexibility index (Phi) is 5.32. The zero-order valence-electron chi connectivity index (χ0n) is 14.2. The van der Waals surface area contributed by atoms with Crippen LogP contribution in [0, 0.1) is 0 Å². The molecule has 122 valence electrons.